The lowest BCUT2D eigenvalue weighted by Crippen LogP contribution is -2.26. The molecule has 0 fully saturated rings. The van der Waals surface area contributed by atoms with E-state index in [0.29, 0.717) is 11.5 Å². The Morgan fingerprint density at radius 2 is 1.89 bits per heavy atom. The quantitative estimate of drug-likeness (QED) is 0.484. The van der Waals surface area contributed by atoms with Crippen LogP contribution in [0.15, 0.2) is 52.1 Å². The average Bonchev–Trinajstić information content (AvgIpc) is 3.30. The smallest absolute Gasteiger partial charge is 0.307 e. The molecule has 2 atom stereocenters. The van der Waals surface area contributed by atoms with Crippen LogP contribution in [0.3, 0.4) is 0 Å². The lowest BCUT2D eigenvalue weighted by molar-refractivity contribution is -0.143. The molecule has 1 N–H and O–H groups in total. The van der Waals surface area contributed by atoms with E-state index < -0.39 is 11.0 Å². The van der Waals surface area contributed by atoms with Crippen molar-refractivity contribution in [1.29, 1.82) is 0 Å². The maximum absolute atomic E-state index is 12.8. The molecule has 28 heavy (non-hydrogen) atoms. The van der Waals surface area contributed by atoms with Gasteiger partial charge in [0.1, 0.15) is 11.0 Å². The van der Waals surface area contributed by atoms with Crippen molar-refractivity contribution in [2.75, 3.05) is 6.61 Å². The van der Waals surface area contributed by atoms with Gasteiger partial charge in [-0.15, -0.1) is 11.3 Å². The SMILES string of the molecule is CCOC(=O)C[C@H](N[S@](=O)c1ccc(C)cc1)c1ccc(-c2cscc2C)s1. The van der Waals surface area contributed by atoms with Crippen molar-refractivity contribution >= 4 is 39.6 Å². The Balaban J connectivity index is 1.83. The number of ether oxygens (including phenoxy) is 1. The van der Waals surface area contributed by atoms with Crippen molar-refractivity contribution < 1.29 is 13.7 Å². The van der Waals surface area contributed by atoms with Crippen molar-refractivity contribution in [3.8, 4) is 10.4 Å². The molecule has 0 saturated heterocycles. The molecule has 3 rings (SSSR count). The zero-order valence-electron chi connectivity index (χ0n) is 16.1. The van der Waals surface area contributed by atoms with Crippen molar-refractivity contribution in [2.24, 2.45) is 0 Å². The normalized spacial score (nSPS) is 13.2. The number of esters is 1. The first kappa shape index (κ1) is 20.9. The molecule has 2 heterocycles. The van der Waals surface area contributed by atoms with Gasteiger partial charge in [0.05, 0.1) is 24.0 Å². The van der Waals surface area contributed by atoms with E-state index in [2.05, 4.69) is 28.5 Å². The van der Waals surface area contributed by atoms with Crippen LogP contribution in [0.4, 0.5) is 0 Å². The molecule has 2 aromatic heterocycles. The highest BCUT2D eigenvalue weighted by atomic mass is 32.2. The summed E-state index contributed by atoms with van der Waals surface area (Å²) in [7, 11) is -1.42. The van der Waals surface area contributed by atoms with Crippen molar-refractivity contribution in [2.45, 2.75) is 38.1 Å². The van der Waals surface area contributed by atoms with Crippen LogP contribution in [0.1, 0.15) is 35.4 Å². The second-order valence-corrected chi connectivity index (χ2v) is 9.54. The number of hydrogen-bond donors (Lipinski definition) is 1. The standard InChI is InChI=1S/C21H23NO3S3/c1-4-25-21(23)11-18(22-28(24)16-7-5-14(2)6-8-16)20-10-9-19(27-20)17-13-26-12-15(17)3/h5-10,12-13,18,22H,4,11H2,1-3H3/t18-,28+/m0/s1. The number of benzene rings is 1. The molecule has 148 valence electrons. The Hall–Kier alpha value is -1.80. The number of nitrogens with one attached hydrogen (secondary N) is 1. The predicted octanol–water partition coefficient (Wildman–Crippen LogP) is 5.40. The third-order valence-electron chi connectivity index (χ3n) is 4.25. The first-order chi connectivity index (χ1) is 13.5. The lowest BCUT2D eigenvalue weighted by atomic mass is 10.1. The average molecular weight is 434 g/mol. The van der Waals surface area contributed by atoms with E-state index in [1.807, 2.05) is 37.3 Å². The molecule has 1 aromatic carbocycles. The van der Waals surface area contributed by atoms with Crippen LogP contribution in [-0.4, -0.2) is 16.8 Å². The van der Waals surface area contributed by atoms with Crippen LogP contribution >= 0.6 is 22.7 Å². The van der Waals surface area contributed by atoms with E-state index in [1.165, 1.54) is 11.1 Å². The van der Waals surface area contributed by atoms with Crippen LogP contribution < -0.4 is 4.72 Å². The van der Waals surface area contributed by atoms with Gasteiger partial charge in [-0.25, -0.2) is 8.93 Å². The third kappa shape index (κ3) is 5.17. The first-order valence-electron chi connectivity index (χ1n) is 9.01. The van der Waals surface area contributed by atoms with Gasteiger partial charge < -0.3 is 4.74 Å². The summed E-state index contributed by atoms with van der Waals surface area (Å²) < 4.78 is 21.1. The van der Waals surface area contributed by atoms with Gasteiger partial charge in [0.25, 0.3) is 0 Å². The maximum Gasteiger partial charge on any atom is 0.307 e. The van der Waals surface area contributed by atoms with Crippen LogP contribution in [0.5, 0.6) is 0 Å². The molecule has 0 aliphatic carbocycles. The largest absolute Gasteiger partial charge is 0.466 e. The van der Waals surface area contributed by atoms with Gasteiger partial charge in [-0.2, -0.15) is 11.3 Å². The molecule has 0 unspecified atom stereocenters. The number of carbonyl (C=O) groups excluding carboxylic acids is 1. The molecule has 0 saturated carbocycles. The molecular formula is C21H23NO3S3. The zero-order chi connectivity index (χ0) is 20.1. The van der Waals surface area contributed by atoms with E-state index in [9.17, 15) is 9.00 Å². The van der Waals surface area contributed by atoms with Gasteiger partial charge in [-0.3, -0.25) is 4.79 Å². The van der Waals surface area contributed by atoms with Crippen molar-refractivity contribution in [3.63, 3.8) is 0 Å². The maximum atomic E-state index is 12.8. The summed E-state index contributed by atoms with van der Waals surface area (Å²) in [6.07, 6.45) is 0.133. The Morgan fingerprint density at radius 1 is 1.14 bits per heavy atom. The van der Waals surface area contributed by atoms with E-state index in [-0.39, 0.29) is 18.4 Å². The fourth-order valence-corrected chi connectivity index (χ4v) is 5.87. The minimum Gasteiger partial charge on any atom is -0.466 e. The molecule has 3 aromatic rings. The molecule has 0 aliphatic heterocycles. The summed E-state index contributed by atoms with van der Waals surface area (Å²) in [4.78, 5) is 14.9. The van der Waals surface area contributed by atoms with E-state index in [4.69, 9.17) is 4.74 Å². The van der Waals surface area contributed by atoms with Gasteiger partial charge in [0, 0.05) is 15.3 Å². The Morgan fingerprint density at radius 3 is 2.54 bits per heavy atom. The molecule has 0 bridgehead atoms. The summed E-state index contributed by atoms with van der Waals surface area (Å²) in [6, 6.07) is 11.2. The molecule has 7 heteroatoms. The monoisotopic (exact) mass is 433 g/mol. The highest BCUT2D eigenvalue weighted by Gasteiger charge is 2.22. The number of aryl methyl sites for hydroxylation is 2. The minimum atomic E-state index is -1.42. The van der Waals surface area contributed by atoms with Crippen LogP contribution in [0.2, 0.25) is 0 Å². The third-order valence-corrected chi connectivity index (χ3v) is 7.54. The number of hydrogen-bond acceptors (Lipinski definition) is 5. The Kier molecular flexibility index (Phi) is 7.18. The number of rotatable bonds is 8. The Labute approximate surface area is 176 Å². The summed E-state index contributed by atoms with van der Waals surface area (Å²) in [6.45, 7) is 6.19. The zero-order valence-corrected chi connectivity index (χ0v) is 18.5. The van der Waals surface area contributed by atoms with Crippen molar-refractivity contribution in [3.05, 3.63) is 63.2 Å². The van der Waals surface area contributed by atoms with Gasteiger partial charge in [0.2, 0.25) is 0 Å². The minimum absolute atomic E-state index is 0.133. The van der Waals surface area contributed by atoms with Gasteiger partial charge in [-0.1, -0.05) is 17.7 Å². The summed E-state index contributed by atoms with van der Waals surface area (Å²) in [5.74, 6) is -0.303. The second kappa shape index (κ2) is 9.60. The molecular weight excluding hydrogens is 410 g/mol. The van der Waals surface area contributed by atoms with Crippen LogP contribution in [0, 0.1) is 13.8 Å². The van der Waals surface area contributed by atoms with Gasteiger partial charge >= 0.3 is 5.97 Å². The highest BCUT2D eigenvalue weighted by Crippen LogP contribution is 2.36. The summed E-state index contributed by atoms with van der Waals surface area (Å²) >= 11 is 3.29. The van der Waals surface area contributed by atoms with Crippen molar-refractivity contribution in [1.82, 2.24) is 4.72 Å². The first-order valence-corrected chi connectivity index (χ1v) is 11.9. The van der Waals surface area contributed by atoms with Gasteiger partial charge in [0.15, 0.2) is 0 Å². The van der Waals surface area contributed by atoms with E-state index in [1.54, 1.807) is 29.6 Å². The lowest BCUT2D eigenvalue weighted by Gasteiger charge is -2.16. The second-order valence-electron chi connectivity index (χ2n) is 6.43. The van der Waals surface area contributed by atoms with Gasteiger partial charge in [-0.05, 0) is 61.4 Å². The molecule has 0 aliphatic rings. The summed E-state index contributed by atoms with van der Waals surface area (Å²) in [5, 5.41) is 4.25. The predicted molar refractivity (Wildman–Crippen MR) is 117 cm³/mol. The number of thiophene rings is 2. The molecule has 0 radical (unpaired) electrons. The molecule has 0 spiro atoms. The topological polar surface area (TPSA) is 55.4 Å². The fraction of sp³-hybridized carbons (Fsp3) is 0.286. The summed E-state index contributed by atoms with van der Waals surface area (Å²) in [5.41, 5.74) is 3.55. The highest BCUT2D eigenvalue weighted by molar-refractivity contribution is 7.83. The Bertz CT molecular complexity index is 959. The van der Waals surface area contributed by atoms with E-state index >= 15 is 0 Å². The van der Waals surface area contributed by atoms with Crippen LogP contribution in [-0.2, 0) is 20.5 Å². The molecule has 0 amide bonds. The van der Waals surface area contributed by atoms with Crippen LogP contribution in [0.25, 0.3) is 10.4 Å². The fourth-order valence-electron chi connectivity index (χ4n) is 2.74. The molecule has 4 nitrogen and oxygen atoms in total. The van der Waals surface area contributed by atoms with E-state index in [0.717, 1.165) is 15.3 Å². The number of carbonyl (C=O) groups is 1.